The lowest BCUT2D eigenvalue weighted by molar-refractivity contribution is 0.294. The molecule has 26 heavy (non-hydrogen) atoms. The third kappa shape index (κ3) is 2.48. The molecule has 0 atom stereocenters. The number of aromatic nitrogens is 4. The van der Waals surface area contributed by atoms with Gasteiger partial charge in [0.2, 0.25) is 0 Å². The molecule has 0 amide bonds. The van der Waals surface area contributed by atoms with Crippen LogP contribution in [0.25, 0.3) is 15.9 Å². The van der Waals surface area contributed by atoms with Crippen LogP contribution in [-0.2, 0) is 19.4 Å². The fraction of sp³-hybridized carbons (Fsp3) is 0.350. The molecule has 0 fully saturated rings. The number of rotatable bonds is 3. The van der Waals surface area contributed by atoms with E-state index in [0.717, 1.165) is 28.2 Å². The number of fused-ring (bicyclic) bond motifs is 5. The van der Waals surface area contributed by atoms with Gasteiger partial charge in [-0.25, -0.2) is 14.5 Å². The normalized spacial score (nSPS) is 14.1. The molecule has 0 bridgehead atoms. The summed E-state index contributed by atoms with van der Waals surface area (Å²) >= 11 is 1.81. The van der Waals surface area contributed by atoms with E-state index in [4.69, 9.17) is 9.72 Å². The minimum absolute atomic E-state index is 0.361. The van der Waals surface area contributed by atoms with E-state index in [1.807, 2.05) is 23.5 Å². The van der Waals surface area contributed by atoms with Gasteiger partial charge in [0.1, 0.15) is 23.5 Å². The van der Waals surface area contributed by atoms with Crippen molar-refractivity contribution in [1.82, 2.24) is 19.6 Å². The van der Waals surface area contributed by atoms with Gasteiger partial charge in [-0.3, -0.25) is 0 Å². The molecule has 132 valence electrons. The summed E-state index contributed by atoms with van der Waals surface area (Å²) in [5.41, 5.74) is 4.73. The molecule has 3 heterocycles. The predicted octanol–water partition coefficient (Wildman–Crippen LogP) is 4.41. The van der Waals surface area contributed by atoms with Gasteiger partial charge in [0.05, 0.1) is 5.39 Å². The average molecular weight is 364 g/mol. The molecule has 0 unspecified atom stereocenters. The van der Waals surface area contributed by atoms with Gasteiger partial charge in [-0.05, 0) is 62.3 Å². The van der Waals surface area contributed by atoms with Gasteiger partial charge in [-0.2, -0.15) is 0 Å². The summed E-state index contributed by atoms with van der Waals surface area (Å²) in [6.07, 6.45) is 6.58. The minimum atomic E-state index is 0.361. The van der Waals surface area contributed by atoms with Crippen LogP contribution < -0.4 is 4.74 Å². The molecular weight excluding hydrogens is 344 g/mol. The number of hydrogen-bond donors (Lipinski definition) is 0. The van der Waals surface area contributed by atoms with Crippen molar-refractivity contribution in [3.63, 3.8) is 0 Å². The zero-order valence-electron chi connectivity index (χ0n) is 15.0. The molecule has 0 saturated heterocycles. The Hall–Kier alpha value is -2.47. The molecular formula is C20H20N4OS. The zero-order valence-corrected chi connectivity index (χ0v) is 15.8. The van der Waals surface area contributed by atoms with Crippen LogP contribution in [0.2, 0.25) is 0 Å². The summed E-state index contributed by atoms with van der Waals surface area (Å²) in [7, 11) is 0. The summed E-state index contributed by atoms with van der Waals surface area (Å²) < 4.78 is 7.78. The first-order chi connectivity index (χ1) is 12.7. The van der Waals surface area contributed by atoms with Crippen LogP contribution in [0.3, 0.4) is 0 Å². The molecule has 1 aliphatic rings. The number of nitrogens with zero attached hydrogens (tertiary/aromatic N) is 4. The number of thiophene rings is 1. The van der Waals surface area contributed by atoms with E-state index < -0.39 is 0 Å². The molecule has 5 nitrogen and oxygen atoms in total. The van der Waals surface area contributed by atoms with Gasteiger partial charge in [-0.15, -0.1) is 16.4 Å². The summed E-state index contributed by atoms with van der Waals surface area (Å²) in [6, 6.07) is 6.10. The average Bonchev–Trinajstić information content (AvgIpc) is 3.23. The minimum Gasteiger partial charge on any atom is -0.485 e. The van der Waals surface area contributed by atoms with Gasteiger partial charge in [-0.1, -0.05) is 12.1 Å². The fourth-order valence-electron chi connectivity index (χ4n) is 3.68. The molecule has 0 N–H and O–H groups in total. The van der Waals surface area contributed by atoms with E-state index in [2.05, 4.69) is 30.0 Å². The van der Waals surface area contributed by atoms with Crippen LogP contribution in [0.15, 0.2) is 24.5 Å². The largest absolute Gasteiger partial charge is 0.485 e. The maximum Gasteiger partial charge on any atom is 0.189 e. The van der Waals surface area contributed by atoms with E-state index in [0.29, 0.717) is 12.4 Å². The van der Waals surface area contributed by atoms with Crippen molar-refractivity contribution < 1.29 is 4.74 Å². The molecule has 3 aromatic heterocycles. The van der Waals surface area contributed by atoms with E-state index in [1.54, 1.807) is 10.8 Å². The van der Waals surface area contributed by atoms with E-state index in [1.165, 1.54) is 40.7 Å². The summed E-state index contributed by atoms with van der Waals surface area (Å²) in [4.78, 5) is 11.9. The molecule has 1 aromatic carbocycles. The smallest absolute Gasteiger partial charge is 0.189 e. The molecule has 1 aliphatic carbocycles. The molecule has 0 aliphatic heterocycles. The maximum absolute atomic E-state index is 5.98. The molecule has 4 aromatic rings. The first-order valence-corrected chi connectivity index (χ1v) is 9.86. The van der Waals surface area contributed by atoms with Crippen molar-refractivity contribution in [3.8, 4) is 5.75 Å². The molecule has 0 saturated carbocycles. The highest BCUT2D eigenvalue weighted by molar-refractivity contribution is 7.19. The van der Waals surface area contributed by atoms with Crippen molar-refractivity contribution in [2.75, 3.05) is 0 Å². The summed E-state index contributed by atoms with van der Waals surface area (Å²) in [6.45, 7) is 4.53. The van der Waals surface area contributed by atoms with Crippen LogP contribution in [0.1, 0.15) is 40.2 Å². The third-order valence-corrected chi connectivity index (χ3v) is 6.45. The van der Waals surface area contributed by atoms with Gasteiger partial charge >= 0.3 is 0 Å². The molecule has 6 heteroatoms. The van der Waals surface area contributed by atoms with Crippen LogP contribution in [-0.4, -0.2) is 19.6 Å². The molecule has 0 radical (unpaired) electrons. The van der Waals surface area contributed by atoms with Gasteiger partial charge in [0.25, 0.3) is 0 Å². The van der Waals surface area contributed by atoms with Crippen LogP contribution >= 0.6 is 11.3 Å². The first kappa shape index (κ1) is 15.8. The zero-order chi connectivity index (χ0) is 17.7. The topological polar surface area (TPSA) is 52.3 Å². The van der Waals surface area contributed by atoms with Crippen molar-refractivity contribution >= 4 is 27.2 Å². The third-order valence-electron chi connectivity index (χ3n) is 5.25. The Morgan fingerprint density at radius 2 is 2.08 bits per heavy atom. The fourth-order valence-corrected chi connectivity index (χ4v) is 4.91. The second kappa shape index (κ2) is 6.06. The van der Waals surface area contributed by atoms with Crippen LogP contribution in [0.4, 0.5) is 0 Å². The Bertz CT molecular complexity index is 1130. The highest BCUT2D eigenvalue weighted by Gasteiger charge is 2.20. The van der Waals surface area contributed by atoms with Crippen molar-refractivity contribution in [2.24, 2.45) is 0 Å². The monoisotopic (exact) mass is 364 g/mol. The number of aryl methyl sites for hydroxylation is 3. The van der Waals surface area contributed by atoms with Gasteiger partial charge in [0, 0.05) is 4.88 Å². The summed E-state index contributed by atoms with van der Waals surface area (Å²) in [5, 5.41) is 5.77. The second-order valence-corrected chi connectivity index (χ2v) is 8.00. The number of ether oxygens (including phenoxy) is 1. The van der Waals surface area contributed by atoms with E-state index in [-0.39, 0.29) is 0 Å². The SMILES string of the molecule is Cc1cccc(OCc2nc3c4c5c(sc4ncn3n2)CCCC5)c1C. The Morgan fingerprint density at radius 1 is 1.19 bits per heavy atom. The molecule has 5 rings (SSSR count). The second-order valence-electron chi connectivity index (χ2n) is 6.92. The lowest BCUT2D eigenvalue weighted by Gasteiger charge is -2.09. The first-order valence-electron chi connectivity index (χ1n) is 9.04. The van der Waals surface area contributed by atoms with E-state index in [9.17, 15) is 0 Å². The quantitative estimate of drug-likeness (QED) is 0.540. The highest BCUT2D eigenvalue weighted by atomic mass is 32.1. The Labute approximate surface area is 155 Å². The lowest BCUT2D eigenvalue weighted by Crippen LogP contribution is -2.00. The van der Waals surface area contributed by atoms with Gasteiger partial charge in [0.15, 0.2) is 11.5 Å². The van der Waals surface area contributed by atoms with Crippen LogP contribution in [0, 0.1) is 13.8 Å². The van der Waals surface area contributed by atoms with Crippen LogP contribution in [0.5, 0.6) is 5.75 Å². The van der Waals surface area contributed by atoms with Gasteiger partial charge < -0.3 is 4.74 Å². The Balaban J connectivity index is 1.52. The standard InChI is InChI=1S/C20H20N4OS/c1-12-6-5-8-15(13(12)2)25-10-17-22-19-18-14-7-3-4-9-16(14)26-20(18)21-11-24(19)23-17/h5-6,8,11H,3-4,7,9-10H2,1-2H3. The Kier molecular flexibility index (Phi) is 3.67. The van der Waals surface area contributed by atoms with Crippen molar-refractivity contribution in [2.45, 2.75) is 46.1 Å². The lowest BCUT2D eigenvalue weighted by atomic mass is 9.97. The summed E-state index contributed by atoms with van der Waals surface area (Å²) in [5.74, 6) is 1.58. The number of hydrogen-bond acceptors (Lipinski definition) is 5. The Morgan fingerprint density at radius 3 is 3.00 bits per heavy atom. The van der Waals surface area contributed by atoms with Crippen molar-refractivity contribution in [3.05, 3.63) is 51.9 Å². The highest BCUT2D eigenvalue weighted by Crippen LogP contribution is 2.36. The predicted molar refractivity (Wildman–Crippen MR) is 103 cm³/mol. The van der Waals surface area contributed by atoms with Crippen molar-refractivity contribution in [1.29, 1.82) is 0 Å². The van der Waals surface area contributed by atoms with E-state index >= 15 is 0 Å². The molecule has 0 spiro atoms. The maximum atomic E-state index is 5.98. The number of benzene rings is 1.